The van der Waals surface area contributed by atoms with Crippen molar-refractivity contribution in [3.05, 3.63) is 53.6 Å². The molecule has 1 aromatic rings. The number of benzene rings is 1. The Labute approximate surface area is 175 Å². The molecule has 4 heteroatoms. The fourth-order valence-electron chi connectivity index (χ4n) is 3.01. The van der Waals surface area contributed by atoms with Crippen LogP contribution >= 0.6 is 0 Å². The van der Waals surface area contributed by atoms with Gasteiger partial charge in [-0.05, 0) is 24.5 Å². The lowest BCUT2D eigenvalue weighted by Crippen LogP contribution is -2.05. The summed E-state index contributed by atoms with van der Waals surface area (Å²) in [5.41, 5.74) is 1.43. The number of Topliss-reactive ketones (excluding diaryl/α,β-unsaturated/α-hetero) is 1. The van der Waals surface area contributed by atoms with E-state index in [-0.39, 0.29) is 24.0 Å². The van der Waals surface area contributed by atoms with E-state index in [9.17, 15) is 14.4 Å². The van der Waals surface area contributed by atoms with E-state index in [0.717, 1.165) is 18.4 Å². The summed E-state index contributed by atoms with van der Waals surface area (Å²) in [6, 6.07) is 7.35. The minimum Gasteiger partial charge on any atom is -0.469 e. The molecule has 0 spiro atoms. The smallest absolute Gasteiger partial charge is 0.305 e. The second-order valence-corrected chi connectivity index (χ2v) is 7.14. The van der Waals surface area contributed by atoms with E-state index in [1.54, 1.807) is 24.3 Å². The molecule has 0 saturated carbocycles. The lowest BCUT2D eigenvalue weighted by Gasteiger charge is -2.05. The second-order valence-electron chi connectivity index (χ2n) is 7.14. The topological polar surface area (TPSA) is 60.4 Å². The van der Waals surface area contributed by atoms with Crippen LogP contribution in [0.4, 0.5) is 0 Å². The Morgan fingerprint density at radius 3 is 2.34 bits per heavy atom. The van der Waals surface area contributed by atoms with Crippen LogP contribution in [0.25, 0.3) is 6.08 Å². The zero-order chi connectivity index (χ0) is 21.3. The molecule has 0 aromatic heterocycles. The van der Waals surface area contributed by atoms with Crippen LogP contribution in [0.2, 0.25) is 0 Å². The van der Waals surface area contributed by atoms with E-state index in [2.05, 4.69) is 11.7 Å². The summed E-state index contributed by atoms with van der Waals surface area (Å²) >= 11 is 0. The van der Waals surface area contributed by atoms with Gasteiger partial charge in [-0.15, -0.1) is 0 Å². The van der Waals surface area contributed by atoms with Crippen molar-refractivity contribution in [1.82, 2.24) is 0 Å². The number of rotatable bonds is 15. The summed E-state index contributed by atoms with van der Waals surface area (Å²) < 4.78 is 4.60. The van der Waals surface area contributed by atoms with Crippen LogP contribution < -0.4 is 0 Å². The second kappa shape index (κ2) is 15.4. The molecule has 1 aromatic carbocycles. The Hall–Kier alpha value is -2.49. The third-order valence-electron chi connectivity index (χ3n) is 4.72. The van der Waals surface area contributed by atoms with Crippen LogP contribution in [-0.4, -0.2) is 24.6 Å². The SMILES string of the molecule is CCCCCCCCC(=O)/C=C/C=C/c1ccccc1C(=O)CCCC(=O)OC. The minimum absolute atomic E-state index is 0.00252. The van der Waals surface area contributed by atoms with E-state index in [0.29, 0.717) is 24.8 Å². The standard InChI is InChI=1S/C25H34O4/c1-3-4-5-6-7-8-16-22(26)17-11-9-14-21-15-10-12-18-23(21)24(27)19-13-20-25(28)29-2/h9-12,14-15,17-18H,3-8,13,16,19-20H2,1-2H3/b14-9+,17-11+. The molecular weight excluding hydrogens is 364 g/mol. The predicted molar refractivity (Wildman–Crippen MR) is 118 cm³/mol. The number of esters is 1. The molecular formula is C25H34O4. The Balaban J connectivity index is 2.47. The van der Waals surface area contributed by atoms with E-state index >= 15 is 0 Å². The Morgan fingerprint density at radius 2 is 1.59 bits per heavy atom. The average molecular weight is 399 g/mol. The maximum Gasteiger partial charge on any atom is 0.305 e. The summed E-state index contributed by atoms with van der Waals surface area (Å²) in [4.78, 5) is 35.5. The maximum atomic E-state index is 12.4. The highest BCUT2D eigenvalue weighted by atomic mass is 16.5. The molecule has 0 aliphatic heterocycles. The molecule has 0 aliphatic carbocycles. The Kier molecular flexibility index (Phi) is 13.1. The molecule has 0 N–H and O–H groups in total. The summed E-state index contributed by atoms with van der Waals surface area (Å²) in [6.07, 6.45) is 15.6. The number of hydrogen-bond donors (Lipinski definition) is 0. The van der Waals surface area contributed by atoms with Crippen molar-refractivity contribution < 1.29 is 19.1 Å². The Bertz CT molecular complexity index is 701. The van der Waals surface area contributed by atoms with E-state index in [1.807, 2.05) is 24.3 Å². The number of ketones is 2. The van der Waals surface area contributed by atoms with Crippen molar-refractivity contribution >= 4 is 23.6 Å². The normalized spacial score (nSPS) is 11.2. The van der Waals surface area contributed by atoms with Crippen molar-refractivity contribution in [2.75, 3.05) is 7.11 Å². The largest absolute Gasteiger partial charge is 0.469 e. The molecule has 4 nitrogen and oxygen atoms in total. The van der Waals surface area contributed by atoms with Crippen LogP contribution in [-0.2, 0) is 14.3 Å². The maximum absolute atomic E-state index is 12.4. The van der Waals surface area contributed by atoms with E-state index in [4.69, 9.17) is 0 Å². The molecule has 29 heavy (non-hydrogen) atoms. The molecule has 158 valence electrons. The zero-order valence-corrected chi connectivity index (χ0v) is 17.8. The number of methoxy groups -OCH3 is 1. The van der Waals surface area contributed by atoms with Gasteiger partial charge < -0.3 is 4.74 Å². The van der Waals surface area contributed by atoms with Gasteiger partial charge in [-0.25, -0.2) is 0 Å². The molecule has 0 atom stereocenters. The van der Waals surface area contributed by atoms with Gasteiger partial charge in [-0.3, -0.25) is 14.4 Å². The monoisotopic (exact) mass is 398 g/mol. The first-order valence-corrected chi connectivity index (χ1v) is 10.6. The predicted octanol–water partition coefficient (Wildman–Crippen LogP) is 6.10. The van der Waals surface area contributed by atoms with Crippen molar-refractivity contribution in [3.8, 4) is 0 Å². The number of carbonyl (C=O) groups is 3. The highest BCUT2D eigenvalue weighted by molar-refractivity contribution is 5.99. The molecule has 0 heterocycles. The van der Waals surface area contributed by atoms with Gasteiger partial charge >= 0.3 is 5.97 Å². The van der Waals surface area contributed by atoms with Gasteiger partial charge in [0.05, 0.1) is 7.11 Å². The highest BCUT2D eigenvalue weighted by Gasteiger charge is 2.10. The number of allylic oxidation sites excluding steroid dienone is 3. The van der Waals surface area contributed by atoms with Crippen molar-refractivity contribution in [2.24, 2.45) is 0 Å². The van der Waals surface area contributed by atoms with Gasteiger partial charge in [-0.2, -0.15) is 0 Å². The molecule has 0 aliphatic rings. The fourth-order valence-corrected chi connectivity index (χ4v) is 3.01. The third kappa shape index (κ3) is 11.2. The average Bonchev–Trinajstić information content (AvgIpc) is 2.73. The van der Waals surface area contributed by atoms with Crippen molar-refractivity contribution in [2.45, 2.75) is 71.1 Å². The highest BCUT2D eigenvalue weighted by Crippen LogP contribution is 2.15. The Morgan fingerprint density at radius 1 is 0.862 bits per heavy atom. The summed E-state index contributed by atoms with van der Waals surface area (Å²) in [6.45, 7) is 2.20. The quantitative estimate of drug-likeness (QED) is 0.118. The van der Waals surface area contributed by atoms with Gasteiger partial charge in [0.25, 0.3) is 0 Å². The molecule has 1 rings (SSSR count). The minimum atomic E-state index is -0.304. The summed E-state index contributed by atoms with van der Waals surface area (Å²) in [7, 11) is 1.34. The third-order valence-corrected chi connectivity index (χ3v) is 4.72. The molecule has 0 amide bonds. The van der Waals surface area contributed by atoms with Gasteiger partial charge in [0, 0.05) is 24.8 Å². The molecule has 0 unspecified atom stereocenters. The van der Waals surface area contributed by atoms with Gasteiger partial charge in [0.1, 0.15) is 0 Å². The first kappa shape index (κ1) is 24.5. The van der Waals surface area contributed by atoms with Crippen molar-refractivity contribution in [1.29, 1.82) is 0 Å². The van der Waals surface area contributed by atoms with Gasteiger partial charge in [-0.1, -0.05) is 81.5 Å². The first-order chi connectivity index (χ1) is 14.1. The van der Waals surface area contributed by atoms with Crippen LogP contribution in [0, 0.1) is 0 Å². The van der Waals surface area contributed by atoms with Crippen molar-refractivity contribution in [3.63, 3.8) is 0 Å². The van der Waals surface area contributed by atoms with Gasteiger partial charge in [0.15, 0.2) is 11.6 Å². The molecule has 0 saturated heterocycles. The number of carbonyl (C=O) groups excluding carboxylic acids is 3. The summed E-state index contributed by atoms with van der Waals surface area (Å²) in [5, 5.41) is 0. The number of hydrogen-bond acceptors (Lipinski definition) is 4. The zero-order valence-electron chi connectivity index (χ0n) is 17.8. The van der Waals surface area contributed by atoms with Crippen LogP contribution in [0.5, 0.6) is 0 Å². The van der Waals surface area contributed by atoms with Gasteiger partial charge in [0.2, 0.25) is 0 Å². The lowest BCUT2D eigenvalue weighted by atomic mass is 9.99. The fraction of sp³-hybridized carbons (Fsp3) is 0.480. The first-order valence-electron chi connectivity index (χ1n) is 10.6. The number of ether oxygens (including phenoxy) is 1. The molecule has 0 bridgehead atoms. The lowest BCUT2D eigenvalue weighted by molar-refractivity contribution is -0.140. The van der Waals surface area contributed by atoms with E-state index < -0.39 is 0 Å². The van der Waals surface area contributed by atoms with Crippen LogP contribution in [0.1, 0.15) is 87.1 Å². The van der Waals surface area contributed by atoms with Crippen LogP contribution in [0.15, 0.2) is 42.5 Å². The number of unbranched alkanes of at least 4 members (excludes halogenated alkanes) is 5. The van der Waals surface area contributed by atoms with Crippen LogP contribution in [0.3, 0.4) is 0 Å². The molecule has 0 fully saturated rings. The van der Waals surface area contributed by atoms with E-state index in [1.165, 1.54) is 32.8 Å². The summed E-state index contributed by atoms with van der Waals surface area (Å²) in [5.74, 6) is -0.170. The molecule has 0 radical (unpaired) electrons.